The molecule has 3 aromatic carbocycles. The van der Waals surface area contributed by atoms with Crippen molar-refractivity contribution < 1.29 is 0 Å². The fourth-order valence-electron chi connectivity index (χ4n) is 3.78. The summed E-state index contributed by atoms with van der Waals surface area (Å²) in [6.07, 6.45) is 7.59. The van der Waals surface area contributed by atoms with Crippen molar-refractivity contribution in [2.24, 2.45) is 0 Å². The normalized spacial score (nSPS) is 10.8. The lowest BCUT2D eigenvalue weighted by atomic mass is 9.98. The van der Waals surface area contributed by atoms with Crippen LogP contribution in [0.15, 0.2) is 91.1 Å². The Kier molecular flexibility index (Phi) is 6.84. The van der Waals surface area contributed by atoms with Crippen molar-refractivity contribution in [1.29, 1.82) is 0 Å². The lowest BCUT2D eigenvalue weighted by Crippen LogP contribution is -1.95. The van der Waals surface area contributed by atoms with E-state index in [-0.39, 0.29) is 0 Å². The minimum atomic E-state index is 0.853. The fraction of sp³-hybridized carbons (Fsp3) is 0.167. The van der Waals surface area contributed by atoms with Gasteiger partial charge in [0.15, 0.2) is 0 Å². The van der Waals surface area contributed by atoms with Crippen molar-refractivity contribution >= 4 is 0 Å². The first-order valence-electron chi connectivity index (χ1n) is 11.0. The number of pyridine rings is 1. The second kappa shape index (κ2) is 10.1. The second-order valence-electron chi connectivity index (χ2n) is 8.12. The zero-order valence-corrected chi connectivity index (χ0v) is 18.2. The van der Waals surface area contributed by atoms with Gasteiger partial charge in [-0.15, -0.1) is 6.42 Å². The molecule has 0 saturated heterocycles. The molecule has 0 radical (unpaired) electrons. The topological polar surface area (TPSA) is 12.9 Å². The molecular weight excluding hydrogens is 374 g/mol. The van der Waals surface area contributed by atoms with Crippen molar-refractivity contribution in [3.05, 3.63) is 149 Å². The van der Waals surface area contributed by atoms with Crippen LogP contribution < -0.4 is 0 Å². The van der Waals surface area contributed by atoms with E-state index in [1.807, 2.05) is 12.6 Å². The first-order chi connectivity index (χ1) is 15.2. The lowest BCUT2D eigenvalue weighted by molar-refractivity contribution is 1.06. The molecule has 1 nitrogen and oxygen atoms in total. The first kappa shape index (κ1) is 20.9. The van der Waals surface area contributed by atoms with Crippen molar-refractivity contribution in [3.63, 3.8) is 0 Å². The van der Waals surface area contributed by atoms with Gasteiger partial charge in [-0.25, -0.2) is 0 Å². The highest BCUT2D eigenvalue weighted by atomic mass is 14.7. The standard InChI is InChI=1S/C30H29N/c1-3-23-5-7-25(8-6-23)19-26-9-11-27(12-10-26)20-28-13-15-29(16-14-28)21-30-18-17-24(4-2)22-31-30/h4-18,22H,2-3,19-21H2,1H3. The molecule has 0 aliphatic rings. The van der Waals surface area contributed by atoms with Gasteiger partial charge < -0.3 is 0 Å². The van der Waals surface area contributed by atoms with Gasteiger partial charge in [-0.3, -0.25) is 6.92 Å². The fourth-order valence-corrected chi connectivity index (χ4v) is 3.78. The minimum Gasteiger partial charge on any atom is -0.260 e. The van der Waals surface area contributed by atoms with Gasteiger partial charge >= 0.3 is 0 Å². The molecule has 0 fully saturated rings. The Morgan fingerprint density at radius 3 is 1.35 bits per heavy atom. The highest BCUT2D eigenvalue weighted by Gasteiger charge is 2.03. The van der Waals surface area contributed by atoms with Gasteiger partial charge in [-0.1, -0.05) is 79.7 Å². The maximum atomic E-state index is 4.51. The molecule has 4 aromatic rings. The number of rotatable bonds is 8. The summed E-state index contributed by atoms with van der Waals surface area (Å²) in [6.45, 7) is 5.97. The zero-order chi connectivity index (χ0) is 21.5. The zero-order valence-electron chi connectivity index (χ0n) is 18.2. The maximum Gasteiger partial charge on any atom is 0.134 e. The Morgan fingerprint density at radius 1 is 0.581 bits per heavy atom. The van der Waals surface area contributed by atoms with E-state index >= 15 is 0 Å². The van der Waals surface area contributed by atoms with E-state index in [4.69, 9.17) is 0 Å². The Bertz CT molecular complexity index is 982. The van der Waals surface area contributed by atoms with Gasteiger partial charge in [0.2, 0.25) is 0 Å². The summed E-state index contributed by atoms with van der Waals surface area (Å²) in [5, 5.41) is 0. The van der Waals surface area contributed by atoms with Crippen molar-refractivity contribution in [2.45, 2.75) is 32.6 Å². The highest BCUT2D eigenvalue weighted by molar-refractivity contribution is 5.34. The molecular formula is C30H29N. The predicted octanol–water partition coefficient (Wildman–Crippen LogP) is 6.80. The van der Waals surface area contributed by atoms with Gasteiger partial charge in [-0.05, 0) is 52.6 Å². The van der Waals surface area contributed by atoms with E-state index in [0.717, 1.165) is 36.9 Å². The van der Waals surface area contributed by atoms with Crippen molar-refractivity contribution in [2.75, 3.05) is 0 Å². The van der Waals surface area contributed by atoms with Crippen LogP contribution in [0.4, 0.5) is 0 Å². The van der Waals surface area contributed by atoms with E-state index in [0.29, 0.717) is 0 Å². The molecule has 4 rings (SSSR count). The summed E-state index contributed by atoms with van der Waals surface area (Å²) in [5.74, 6) is 0. The van der Waals surface area contributed by atoms with Crippen LogP contribution in [0.5, 0.6) is 0 Å². The maximum absolute atomic E-state index is 4.51. The van der Waals surface area contributed by atoms with Crippen LogP contribution >= 0.6 is 0 Å². The summed E-state index contributed by atoms with van der Waals surface area (Å²) < 4.78 is 0. The Hall–Kier alpha value is -3.32. The van der Waals surface area contributed by atoms with E-state index < -0.39 is 0 Å². The number of benzene rings is 3. The smallest absolute Gasteiger partial charge is 0.134 e. The molecule has 0 aliphatic carbocycles. The van der Waals surface area contributed by atoms with Crippen LogP contribution in [0, 0.1) is 13.3 Å². The quantitative estimate of drug-likeness (QED) is 0.295. The number of aryl methyl sites for hydroxylation is 1. The molecule has 0 N–H and O–H groups in total. The summed E-state index contributed by atoms with van der Waals surface area (Å²) in [6, 6.07) is 31.0. The monoisotopic (exact) mass is 403 g/mol. The largest absolute Gasteiger partial charge is 0.260 e. The molecule has 0 saturated carbocycles. The molecule has 154 valence electrons. The highest BCUT2D eigenvalue weighted by Crippen LogP contribution is 2.16. The van der Waals surface area contributed by atoms with Crippen LogP contribution in [0.25, 0.3) is 0 Å². The third-order valence-corrected chi connectivity index (χ3v) is 5.76. The van der Waals surface area contributed by atoms with Gasteiger partial charge in [0.1, 0.15) is 11.8 Å². The molecule has 0 amide bonds. The summed E-state index contributed by atoms with van der Waals surface area (Å²) in [4.78, 5) is 4.51. The lowest BCUT2D eigenvalue weighted by Gasteiger charge is -2.07. The van der Waals surface area contributed by atoms with E-state index in [1.165, 1.54) is 33.4 Å². The van der Waals surface area contributed by atoms with Crippen LogP contribution in [-0.2, 0) is 25.7 Å². The number of aromatic nitrogens is 1. The molecule has 1 heteroatoms. The molecule has 0 atom stereocenters. The molecule has 1 aromatic heterocycles. The predicted molar refractivity (Wildman–Crippen MR) is 130 cm³/mol. The van der Waals surface area contributed by atoms with Gasteiger partial charge in [-0.2, -0.15) is 4.98 Å². The molecule has 0 spiro atoms. The van der Waals surface area contributed by atoms with Crippen LogP contribution in [-0.4, -0.2) is 4.98 Å². The molecule has 0 unspecified atom stereocenters. The Morgan fingerprint density at radius 2 is 1.00 bits per heavy atom. The Labute approximate surface area is 186 Å². The van der Waals surface area contributed by atoms with Crippen LogP contribution in [0.3, 0.4) is 0 Å². The Balaban J connectivity index is 1.34. The van der Waals surface area contributed by atoms with E-state index in [1.54, 1.807) is 0 Å². The molecule has 1 heterocycles. The average molecular weight is 404 g/mol. The number of hydrogen-bond acceptors (Lipinski definition) is 1. The second-order valence-corrected chi connectivity index (χ2v) is 8.12. The van der Waals surface area contributed by atoms with Crippen molar-refractivity contribution in [3.8, 4) is 0 Å². The third kappa shape index (κ3) is 5.86. The molecule has 0 bridgehead atoms. The summed E-state index contributed by atoms with van der Waals surface area (Å²) in [5.41, 5.74) is 10.2. The number of hydrogen-bond donors (Lipinski definition) is 0. The molecule has 0 aliphatic heterocycles. The summed E-state index contributed by atoms with van der Waals surface area (Å²) >= 11 is 0. The van der Waals surface area contributed by atoms with Gasteiger partial charge in [0.05, 0.1) is 5.69 Å². The summed E-state index contributed by atoms with van der Waals surface area (Å²) in [7, 11) is 0. The van der Waals surface area contributed by atoms with E-state index in [9.17, 15) is 0 Å². The van der Waals surface area contributed by atoms with Crippen molar-refractivity contribution in [1.82, 2.24) is 4.98 Å². The average Bonchev–Trinajstić information content (AvgIpc) is 2.82. The number of nitrogens with zero attached hydrogens (tertiary/aromatic N) is 1. The minimum absolute atomic E-state index is 0.853. The third-order valence-electron chi connectivity index (χ3n) is 5.76. The van der Waals surface area contributed by atoms with E-state index in [2.05, 4.69) is 104 Å². The SMILES string of the molecule is [CH2-][CH+]c1ccc(Cc2ccc(Cc3ccc(Cc4ccc(CC)cc4)cc3)cc2)nc1. The first-order valence-corrected chi connectivity index (χ1v) is 11.0. The van der Waals surface area contributed by atoms with Crippen LogP contribution in [0.2, 0.25) is 0 Å². The molecule has 31 heavy (non-hydrogen) atoms. The van der Waals surface area contributed by atoms with Crippen LogP contribution in [0.1, 0.15) is 51.6 Å². The van der Waals surface area contributed by atoms with Gasteiger partial charge in [0, 0.05) is 18.6 Å². The van der Waals surface area contributed by atoms with Gasteiger partial charge in [0.25, 0.3) is 0 Å².